The number of phenolic OH excluding ortho intramolecular Hbond substituents is 1. The molecule has 15 nitrogen and oxygen atoms in total. The number of phenols is 1. The van der Waals surface area contributed by atoms with Crippen molar-refractivity contribution < 1.29 is 28.7 Å². The minimum atomic E-state index is -0.737. The maximum absolute atomic E-state index is 13.9. The van der Waals surface area contributed by atoms with E-state index in [9.17, 15) is 43.5 Å². The van der Waals surface area contributed by atoms with Crippen molar-refractivity contribution in [2.45, 2.75) is 0 Å². The zero-order chi connectivity index (χ0) is 42.2. The smallest absolute Gasteiger partial charge is 0.266 e. The molecule has 0 atom stereocenters. The van der Waals surface area contributed by atoms with Gasteiger partial charge in [-0.1, -0.05) is 30.3 Å². The van der Waals surface area contributed by atoms with Gasteiger partial charge in [0.25, 0.3) is 45.9 Å². The number of amides is 4. The summed E-state index contributed by atoms with van der Waals surface area (Å²) in [6.45, 7) is 0. The van der Waals surface area contributed by atoms with Gasteiger partial charge in [-0.2, -0.15) is 0 Å². The molecule has 0 unspecified atom stereocenters. The maximum Gasteiger partial charge on any atom is 0.266 e. The molecule has 4 amide bonds. The predicted molar refractivity (Wildman–Crippen MR) is 222 cm³/mol. The lowest BCUT2D eigenvalue weighted by molar-refractivity contribution is 0.0910. The van der Waals surface area contributed by atoms with Crippen LogP contribution in [0.4, 0.5) is 11.4 Å². The van der Waals surface area contributed by atoms with Crippen molar-refractivity contribution in [2.24, 2.45) is 7.05 Å². The number of carbonyl (C=O) groups excluding carboxylic acids is 4. The third-order valence-corrected chi connectivity index (χ3v) is 11.3. The third kappa shape index (κ3) is 4.88. The number of aromatic nitrogens is 3. The lowest BCUT2D eigenvalue weighted by atomic mass is 9.97. The van der Waals surface area contributed by atoms with Gasteiger partial charge in [0.15, 0.2) is 5.58 Å². The van der Waals surface area contributed by atoms with E-state index in [0.29, 0.717) is 16.8 Å². The molecule has 292 valence electrons. The molecular formula is C46H23N5O10. The fourth-order valence-corrected chi connectivity index (χ4v) is 8.22. The zero-order valence-electron chi connectivity index (χ0n) is 31.3. The molecule has 0 saturated carbocycles. The van der Waals surface area contributed by atoms with E-state index in [1.165, 1.54) is 61.6 Å². The highest BCUT2D eigenvalue weighted by Crippen LogP contribution is 2.38. The van der Waals surface area contributed by atoms with Crippen LogP contribution >= 0.6 is 0 Å². The lowest BCUT2D eigenvalue weighted by Crippen LogP contribution is -2.29. The Labute approximate surface area is 339 Å². The highest BCUT2D eigenvalue weighted by Gasteiger charge is 2.39. The van der Waals surface area contributed by atoms with Gasteiger partial charge < -0.3 is 9.52 Å². The average Bonchev–Trinajstić information content (AvgIpc) is 4.00. The molecule has 11 rings (SSSR count). The van der Waals surface area contributed by atoms with Crippen LogP contribution in [-0.2, 0) is 7.05 Å². The fourth-order valence-electron chi connectivity index (χ4n) is 8.22. The minimum absolute atomic E-state index is 0.0138. The number of aromatic hydroxyl groups is 1. The number of anilines is 2. The molecule has 2 aliphatic heterocycles. The van der Waals surface area contributed by atoms with Crippen molar-refractivity contribution in [3.8, 4) is 34.0 Å². The molecule has 1 N–H and O–H groups in total. The highest BCUT2D eigenvalue weighted by atomic mass is 16.3. The second-order valence-corrected chi connectivity index (χ2v) is 14.7. The van der Waals surface area contributed by atoms with Crippen LogP contribution in [-0.4, -0.2) is 42.9 Å². The Morgan fingerprint density at radius 3 is 1.59 bits per heavy atom. The summed E-state index contributed by atoms with van der Waals surface area (Å²) < 4.78 is 7.72. The number of benzene rings is 6. The van der Waals surface area contributed by atoms with Crippen LogP contribution in [0.15, 0.2) is 139 Å². The quantitative estimate of drug-likeness (QED) is 0.224. The molecule has 2 aliphatic rings. The summed E-state index contributed by atoms with van der Waals surface area (Å²) in [5.41, 5.74) is 0.341. The van der Waals surface area contributed by atoms with Crippen molar-refractivity contribution in [3.63, 3.8) is 0 Å². The standard InChI is InChI=1S/C46H23N5O10/c1-48-39(53)30-19-32-33(20-31(30)40(48)54)46(60)50(45(32)59)24-9-13-36(52)34(17-24)38-47-35-18-25(10-14-37(35)61-38)51-42(56)27-12-8-22(16-29(27)44(51)58)21-7-11-26-28(15-21)43(57)49(41(26)55)23-5-3-2-4-6-23/h2-20,52H,1H3. The van der Waals surface area contributed by atoms with Crippen molar-refractivity contribution in [3.05, 3.63) is 179 Å². The van der Waals surface area contributed by atoms with Crippen LogP contribution in [0, 0.1) is 0 Å². The number of rotatable bonds is 5. The van der Waals surface area contributed by atoms with Crippen LogP contribution in [0.25, 0.3) is 60.9 Å². The molecule has 0 fully saturated rings. The summed E-state index contributed by atoms with van der Waals surface area (Å²) >= 11 is 0. The Hall–Kier alpha value is -8.85. The van der Waals surface area contributed by atoms with Gasteiger partial charge in [0.05, 0.1) is 66.4 Å². The monoisotopic (exact) mass is 805 g/mol. The number of carbonyl (C=O) groups is 4. The fraction of sp³-hybridized carbons (Fsp3) is 0.0217. The summed E-state index contributed by atoms with van der Waals surface area (Å²) in [5, 5.41) is 10.8. The molecule has 0 spiro atoms. The molecule has 5 heterocycles. The third-order valence-electron chi connectivity index (χ3n) is 11.3. The summed E-state index contributed by atoms with van der Waals surface area (Å²) in [4.78, 5) is 113. The molecule has 6 aromatic carbocycles. The Bertz CT molecular complexity index is 3680. The minimum Gasteiger partial charge on any atom is -0.507 e. The Kier molecular flexibility index (Phi) is 7.14. The maximum atomic E-state index is 13.9. The number of nitrogens with zero attached hydrogens (tertiary/aromatic N) is 5. The molecular weight excluding hydrogens is 783 g/mol. The van der Waals surface area contributed by atoms with Crippen LogP contribution in [0.1, 0.15) is 41.4 Å². The predicted octanol–water partition coefficient (Wildman–Crippen LogP) is 5.22. The van der Waals surface area contributed by atoms with E-state index in [4.69, 9.17) is 4.42 Å². The number of fused-ring (bicyclic) bond motifs is 5. The first-order valence-corrected chi connectivity index (χ1v) is 18.6. The number of hydrogen-bond donors (Lipinski definition) is 1. The topological polar surface area (TPSA) is 199 Å². The molecule has 0 bridgehead atoms. The summed E-state index contributed by atoms with van der Waals surface area (Å²) in [6, 6.07) is 29.1. The Balaban J connectivity index is 0.906. The molecule has 0 saturated heterocycles. The van der Waals surface area contributed by atoms with E-state index in [0.717, 1.165) is 18.9 Å². The number of imide groups is 2. The molecule has 0 aliphatic carbocycles. The van der Waals surface area contributed by atoms with E-state index in [1.807, 2.05) is 0 Å². The number of hydrogen-bond acceptors (Lipinski definition) is 11. The first-order valence-electron chi connectivity index (χ1n) is 18.6. The number of para-hydroxylation sites is 1. The van der Waals surface area contributed by atoms with Gasteiger partial charge >= 0.3 is 0 Å². The summed E-state index contributed by atoms with van der Waals surface area (Å²) in [5.74, 6) is -2.50. The first kappa shape index (κ1) is 35.3. The van der Waals surface area contributed by atoms with Gasteiger partial charge in [0, 0.05) is 7.05 Å². The van der Waals surface area contributed by atoms with Crippen molar-refractivity contribution in [1.82, 2.24) is 14.1 Å². The lowest BCUT2D eigenvalue weighted by Gasteiger charge is -2.13. The van der Waals surface area contributed by atoms with Gasteiger partial charge in [0.2, 0.25) is 5.89 Å². The van der Waals surface area contributed by atoms with Gasteiger partial charge in [-0.05, 0) is 96.1 Å². The van der Waals surface area contributed by atoms with Crippen LogP contribution < -0.4 is 32.0 Å². The first-order chi connectivity index (χ1) is 29.4. The second kappa shape index (κ2) is 12.3. The van der Waals surface area contributed by atoms with Crippen molar-refractivity contribution >= 4 is 67.6 Å². The second-order valence-electron chi connectivity index (χ2n) is 14.7. The average molecular weight is 806 g/mol. The van der Waals surface area contributed by atoms with Gasteiger partial charge in [-0.25, -0.2) is 19.4 Å². The molecule has 9 aromatic rings. The van der Waals surface area contributed by atoms with Crippen LogP contribution in [0.2, 0.25) is 0 Å². The van der Waals surface area contributed by atoms with Gasteiger partial charge in [-0.15, -0.1) is 0 Å². The highest BCUT2D eigenvalue weighted by molar-refractivity contribution is 6.36. The Morgan fingerprint density at radius 2 is 1.00 bits per heavy atom. The summed E-state index contributed by atoms with van der Waals surface area (Å²) in [7, 11) is 1.31. The molecule has 61 heavy (non-hydrogen) atoms. The number of oxazole rings is 1. The Morgan fingerprint density at radius 1 is 0.475 bits per heavy atom. The van der Waals surface area contributed by atoms with E-state index in [2.05, 4.69) is 4.98 Å². The van der Waals surface area contributed by atoms with Gasteiger partial charge in [0.1, 0.15) is 11.3 Å². The largest absolute Gasteiger partial charge is 0.507 e. The summed E-state index contributed by atoms with van der Waals surface area (Å²) in [6.07, 6.45) is 0. The van der Waals surface area contributed by atoms with Gasteiger partial charge in [-0.3, -0.25) is 42.9 Å². The van der Waals surface area contributed by atoms with E-state index in [1.54, 1.807) is 60.7 Å². The molecule has 0 radical (unpaired) electrons. The van der Waals surface area contributed by atoms with E-state index < -0.39 is 45.9 Å². The molecule has 3 aromatic heterocycles. The normalized spacial score (nSPS) is 13.7. The van der Waals surface area contributed by atoms with E-state index in [-0.39, 0.29) is 83.5 Å². The van der Waals surface area contributed by atoms with Crippen LogP contribution in [0.3, 0.4) is 0 Å². The SMILES string of the molecule is Cn1c(=O)c2cc3c(=O)n(-c4ccc(O)c(-c5nc6cc(N7C(=O)c8ccc(-c9ccc%10c(c9)C(=O)N(c9ccccc9)C%10=O)cc8C7=O)ccc6o5)c4)c(=O)c3cc2c1=O. The van der Waals surface area contributed by atoms with E-state index >= 15 is 0 Å². The van der Waals surface area contributed by atoms with Crippen LogP contribution in [0.5, 0.6) is 5.75 Å². The van der Waals surface area contributed by atoms with Crippen molar-refractivity contribution in [2.75, 3.05) is 9.80 Å². The molecule has 15 heteroatoms. The zero-order valence-corrected chi connectivity index (χ0v) is 31.3. The van der Waals surface area contributed by atoms with Crippen molar-refractivity contribution in [1.29, 1.82) is 0 Å².